The number of hydrogen-bond acceptors (Lipinski definition) is 6. The maximum Gasteiger partial charge on any atom is 0.261 e. The Morgan fingerprint density at radius 1 is 0.886 bits per heavy atom. The lowest BCUT2D eigenvalue weighted by Gasteiger charge is -2.31. The highest BCUT2D eigenvalue weighted by Crippen LogP contribution is 2.27. The van der Waals surface area contributed by atoms with Crippen molar-refractivity contribution in [3.05, 3.63) is 48.0 Å². The van der Waals surface area contributed by atoms with Crippen molar-refractivity contribution in [2.24, 2.45) is 0 Å². The van der Waals surface area contributed by atoms with Gasteiger partial charge in [-0.25, -0.2) is 0 Å². The fourth-order valence-electron chi connectivity index (χ4n) is 4.17. The quantitative estimate of drug-likeness (QED) is 0.520. The van der Waals surface area contributed by atoms with Crippen LogP contribution in [0.15, 0.2) is 42.5 Å². The van der Waals surface area contributed by atoms with Gasteiger partial charge in [-0.2, -0.15) is 0 Å². The second kappa shape index (κ2) is 12.9. The minimum Gasteiger partial charge on any atom is -0.497 e. The predicted molar refractivity (Wildman–Crippen MR) is 133 cm³/mol. The molecule has 3 rings (SSSR count). The number of nitrogens with one attached hydrogen (secondary N) is 1. The number of rotatable bonds is 11. The number of benzene rings is 2. The summed E-state index contributed by atoms with van der Waals surface area (Å²) < 4.78 is 21.6. The van der Waals surface area contributed by atoms with Gasteiger partial charge in [-0.15, -0.1) is 0 Å². The van der Waals surface area contributed by atoms with E-state index in [1.54, 1.807) is 51.4 Å². The molecular formula is C27H36N2O6. The highest BCUT2D eigenvalue weighted by molar-refractivity contribution is 5.88. The molecule has 0 heterocycles. The molecule has 0 aliphatic heterocycles. The maximum absolute atomic E-state index is 13.3. The molecule has 1 saturated carbocycles. The zero-order valence-corrected chi connectivity index (χ0v) is 21.0. The van der Waals surface area contributed by atoms with Gasteiger partial charge >= 0.3 is 0 Å². The maximum atomic E-state index is 13.3. The van der Waals surface area contributed by atoms with Crippen LogP contribution in [-0.4, -0.2) is 56.7 Å². The van der Waals surface area contributed by atoms with Crippen LogP contribution in [0.4, 0.5) is 0 Å². The number of hydrogen-bond donors (Lipinski definition) is 1. The molecule has 2 amide bonds. The van der Waals surface area contributed by atoms with Crippen LogP contribution in [-0.2, 0) is 16.1 Å². The van der Waals surface area contributed by atoms with E-state index in [0.29, 0.717) is 17.2 Å². The Bertz CT molecular complexity index is 950. The number of ether oxygens (including phenoxy) is 4. The molecular weight excluding hydrogens is 448 g/mol. The molecule has 0 saturated heterocycles. The summed E-state index contributed by atoms with van der Waals surface area (Å²) in [5.41, 5.74) is 0.888. The minimum atomic E-state index is -0.657. The van der Waals surface area contributed by atoms with Gasteiger partial charge in [0.25, 0.3) is 5.91 Å². The molecule has 0 aromatic heterocycles. The Balaban J connectivity index is 1.73. The third-order valence-electron chi connectivity index (χ3n) is 6.32. The van der Waals surface area contributed by atoms with Crippen LogP contribution in [0, 0.1) is 0 Å². The van der Waals surface area contributed by atoms with Crippen molar-refractivity contribution in [1.82, 2.24) is 10.2 Å². The summed E-state index contributed by atoms with van der Waals surface area (Å²) in [7, 11) is 4.70. The van der Waals surface area contributed by atoms with E-state index < -0.39 is 6.04 Å². The van der Waals surface area contributed by atoms with Gasteiger partial charge in [0.2, 0.25) is 5.91 Å². The number of methoxy groups -OCH3 is 3. The lowest BCUT2D eigenvalue weighted by atomic mass is 9.95. The second-order valence-electron chi connectivity index (χ2n) is 8.73. The molecule has 0 bridgehead atoms. The van der Waals surface area contributed by atoms with Gasteiger partial charge < -0.3 is 29.2 Å². The number of nitrogens with zero attached hydrogens (tertiary/aromatic N) is 1. The van der Waals surface area contributed by atoms with E-state index in [2.05, 4.69) is 5.32 Å². The predicted octanol–water partition coefficient (Wildman–Crippen LogP) is 3.96. The van der Waals surface area contributed by atoms with Gasteiger partial charge in [0.05, 0.1) is 21.3 Å². The molecule has 190 valence electrons. The minimum absolute atomic E-state index is 0.151. The zero-order valence-electron chi connectivity index (χ0n) is 21.0. The highest BCUT2D eigenvalue weighted by Gasteiger charge is 2.28. The number of amides is 2. The molecule has 0 radical (unpaired) electrons. The summed E-state index contributed by atoms with van der Waals surface area (Å²) in [4.78, 5) is 28.0. The molecule has 1 aliphatic carbocycles. The zero-order chi connectivity index (χ0) is 25.2. The topological polar surface area (TPSA) is 86.3 Å². The van der Waals surface area contributed by atoms with Crippen molar-refractivity contribution >= 4 is 11.8 Å². The molecule has 1 atom stereocenters. The van der Waals surface area contributed by atoms with E-state index in [1.165, 1.54) is 6.42 Å². The Morgan fingerprint density at radius 3 is 2.03 bits per heavy atom. The largest absolute Gasteiger partial charge is 0.497 e. The summed E-state index contributed by atoms with van der Waals surface area (Å²) in [6, 6.07) is 12.0. The van der Waals surface area contributed by atoms with Crippen molar-refractivity contribution in [2.45, 2.75) is 57.7 Å². The Labute approximate surface area is 207 Å². The standard InChI is InChI=1S/C27H36N2O6/c1-19(27(31)28-21-8-6-5-7-9-21)29(17-20-10-12-22(32-2)13-11-20)26(30)18-35-25-15-23(33-3)14-24(16-25)34-4/h10-16,19,21H,5-9,17-18H2,1-4H3,(H,28,31). The van der Waals surface area contributed by atoms with E-state index in [1.807, 2.05) is 24.3 Å². The fourth-order valence-corrected chi connectivity index (χ4v) is 4.17. The van der Waals surface area contributed by atoms with E-state index in [4.69, 9.17) is 18.9 Å². The van der Waals surface area contributed by atoms with Crippen molar-refractivity contribution in [1.29, 1.82) is 0 Å². The average Bonchev–Trinajstić information content (AvgIpc) is 2.90. The van der Waals surface area contributed by atoms with Crippen LogP contribution >= 0.6 is 0 Å². The molecule has 8 nitrogen and oxygen atoms in total. The number of carbonyl (C=O) groups is 2. The van der Waals surface area contributed by atoms with E-state index in [9.17, 15) is 9.59 Å². The third-order valence-corrected chi connectivity index (χ3v) is 6.32. The van der Waals surface area contributed by atoms with Crippen LogP contribution in [0.3, 0.4) is 0 Å². The van der Waals surface area contributed by atoms with Crippen molar-refractivity contribution < 1.29 is 28.5 Å². The van der Waals surface area contributed by atoms with Gasteiger partial charge in [0.1, 0.15) is 29.0 Å². The van der Waals surface area contributed by atoms with Gasteiger partial charge in [-0.1, -0.05) is 31.4 Å². The summed E-state index contributed by atoms with van der Waals surface area (Å²) in [6.45, 7) is 1.80. The van der Waals surface area contributed by atoms with Crippen molar-refractivity contribution in [3.63, 3.8) is 0 Å². The highest BCUT2D eigenvalue weighted by atomic mass is 16.5. The molecule has 2 aromatic rings. The fraction of sp³-hybridized carbons (Fsp3) is 0.481. The lowest BCUT2D eigenvalue weighted by molar-refractivity contribution is -0.142. The van der Waals surface area contributed by atoms with Gasteiger partial charge in [0, 0.05) is 30.8 Å². The Kier molecular flexibility index (Phi) is 9.64. The van der Waals surface area contributed by atoms with Gasteiger partial charge in [0.15, 0.2) is 6.61 Å². The van der Waals surface area contributed by atoms with E-state index >= 15 is 0 Å². The first kappa shape index (κ1) is 26.2. The van der Waals surface area contributed by atoms with E-state index in [0.717, 1.165) is 37.0 Å². The second-order valence-corrected chi connectivity index (χ2v) is 8.73. The first-order valence-corrected chi connectivity index (χ1v) is 12.0. The normalized spacial score (nSPS) is 14.5. The molecule has 1 unspecified atom stereocenters. The van der Waals surface area contributed by atoms with Crippen molar-refractivity contribution in [3.8, 4) is 23.0 Å². The summed E-state index contributed by atoms with van der Waals surface area (Å²) in [5, 5.41) is 3.14. The SMILES string of the molecule is COc1ccc(CN(C(=O)COc2cc(OC)cc(OC)c2)C(C)C(=O)NC2CCCCC2)cc1. The van der Waals surface area contributed by atoms with Crippen LogP contribution in [0.5, 0.6) is 23.0 Å². The molecule has 0 spiro atoms. The van der Waals surface area contributed by atoms with Crippen LogP contribution in [0.2, 0.25) is 0 Å². The third kappa shape index (κ3) is 7.53. The molecule has 1 fully saturated rings. The van der Waals surface area contributed by atoms with Crippen LogP contribution in [0.25, 0.3) is 0 Å². The summed E-state index contributed by atoms with van der Waals surface area (Å²) in [6.07, 6.45) is 5.39. The molecule has 35 heavy (non-hydrogen) atoms. The average molecular weight is 485 g/mol. The first-order valence-electron chi connectivity index (χ1n) is 12.0. The Morgan fingerprint density at radius 2 is 1.46 bits per heavy atom. The van der Waals surface area contributed by atoms with Gasteiger partial charge in [-0.3, -0.25) is 9.59 Å². The smallest absolute Gasteiger partial charge is 0.261 e. The molecule has 1 aliphatic rings. The van der Waals surface area contributed by atoms with E-state index in [-0.39, 0.29) is 31.0 Å². The lowest BCUT2D eigenvalue weighted by Crippen LogP contribution is -2.51. The van der Waals surface area contributed by atoms with Crippen LogP contribution in [0.1, 0.15) is 44.6 Å². The summed E-state index contributed by atoms with van der Waals surface area (Å²) in [5.74, 6) is 1.84. The molecule has 1 N–H and O–H groups in total. The summed E-state index contributed by atoms with van der Waals surface area (Å²) >= 11 is 0. The van der Waals surface area contributed by atoms with Crippen LogP contribution < -0.4 is 24.3 Å². The Hall–Kier alpha value is -3.42. The number of carbonyl (C=O) groups excluding carboxylic acids is 2. The molecule has 8 heteroatoms. The molecule has 2 aromatic carbocycles. The first-order chi connectivity index (χ1) is 16.9. The van der Waals surface area contributed by atoms with Crippen molar-refractivity contribution in [2.75, 3.05) is 27.9 Å². The monoisotopic (exact) mass is 484 g/mol. The van der Waals surface area contributed by atoms with Gasteiger partial charge in [-0.05, 0) is 37.5 Å².